The van der Waals surface area contributed by atoms with Crippen LogP contribution in [0.15, 0.2) is 40.4 Å². The molecular formula is C12H11N3O2S. The van der Waals surface area contributed by atoms with E-state index < -0.39 is 0 Å². The summed E-state index contributed by atoms with van der Waals surface area (Å²) in [6.07, 6.45) is 0.431. The summed E-state index contributed by atoms with van der Waals surface area (Å²) in [7, 11) is 0. The fourth-order valence-electron chi connectivity index (χ4n) is 1.67. The third-order valence-electron chi connectivity index (χ3n) is 2.53. The smallest absolute Gasteiger partial charge is 0.250 e. The van der Waals surface area contributed by atoms with Crippen LogP contribution in [0.5, 0.6) is 5.75 Å². The fraction of sp³-hybridized carbons (Fsp3) is 0.250. The highest BCUT2D eigenvalue weighted by atomic mass is 32.2. The molecule has 1 aromatic rings. The van der Waals surface area contributed by atoms with Gasteiger partial charge in [0.05, 0.1) is 6.54 Å². The van der Waals surface area contributed by atoms with E-state index in [1.807, 2.05) is 30.3 Å². The number of amides is 1. The first-order valence-electron chi connectivity index (χ1n) is 5.63. The van der Waals surface area contributed by atoms with E-state index >= 15 is 0 Å². The summed E-state index contributed by atoms with van der Waals surface area (Å²) >= 11 is 1.40. The van der Waals surface area contributed by atoms with Crippen LogP contribution in [0.3, 0.4) is 0 Å². The molecule has 5 nitrogen and oxygen atoms in total. The number of hydrogen-bond donors (Lipinski definition) is 0. The summed E-state index contributed by atoms with van der Waals surface area (Å²) in [4.78, 5) is 15.1. The highest BCUT2D eigenvalue weighted by Gasteiger charge is 2.27. The number of fused-ring (bicyclic) bond motifs is 1. The quantitative estimate of drug-likeness (QED) is 0.831. The van der Waals surface area contributed by atoms with Gasteiger partial charge in [-0.05, 0) is 23.9 Å². The van der Waals surface area contributed by atoms with E-state index in [4.69, 9.17) is 4.74 Å². The van der Waals surface area contributed by atoms with Crippen LogP contribution in [-0.4, -0.2) is 34.3 Å². The highest BCUT2D eigenvalue weighted by molar-refractivity contribution is 8.26. The first kappa shape index (κ1) is 11.3. The third-order valence-corrected chi connectivity index (χ3v) is 3.45. The Hall–Kier alpha value is -1.82. The normalized spacial score (nSPS) is 18.2. The van der Waals surface area contributed by atoms with E-state index in [0.29, 0.717) is 24.7 Å². The lowest BCUT2D eigenvalue weighted by atomic mass is 10.3. The van der Waals surface area contributed by atoms with E-state index in [1.165, 1.54) is 11.8 Å². The lowest BCUT2D eigenvalue weighted by molar-refractivity contribution is -0.118. The van der Waals surface area contributed by atoms with Crippen LogP contribution >= 0.6 is 11.8 Å². The number of hydrazone groups is 1. The maximum atomic E-state index is 11.2. The second-order valence-electron chi connectivity index (χ2n) is 3.86. The molecule has 0 saturated heterocycles. The van der Waals surface area contributed by atoms with Crippen LogP contribution in [0.25, 0.3) is 0 Å². The van der Waals surface area contributed by atoms with Crippen molar-refractivity contribution in [1.29, 1.82) is 0 Å². The van der Waals surface area contributed by atoms with Crippen molar-refractivity contribution in [1.82, 2.24) is 5.01 Å². The van der Waals surface area contributed by atoms with Crippen LogP contribution in [0.2, 0.25) is 0 Å². The molecule has 0 atom stereocenters. The molecule has 6 heteroatoms. The molecule has 1 amide bonds. The van der Waals surface area contributed by atoms with E-state index in [-0.39, 0.29) is 5.91 Å². The lowest BCUT2D eigenvalue weighted by Crippen LogP contribution is -2.27. The first-order chi connectivity index (χ1) is 8.81. The molecule has 92 valence electrons. The van der Waals surface area contributed by atoms with Crippen LogP contribution < -0.4 is 4.74 Å². The summed E-state index contributed by atoms with van der Waals surface area (Å²) in [5, 5.41) is 7.62. The Kier molecular flexibility index (Phi) is 3.02. The predicted molar refractivity (Wildman–Crippen MR) is 70.7 cm³/mol. The molecule has 0 aliphatic carbocycles. The molecule has 0 unspecified atom stereocenters. The molecule has 2 aliphatic rings. The standard InChI is InChI=1S/C12H11N3O2S/c16-10-6-7-15-12(13-10)18-11(14-15)8-17-9-4-2-1-3-5-9/h1-5H,6-8H2. The lowest BCUT2D eigenvalue weighted by Gasteiger charge is -2.16. The Labute approximate surface area is 109 Å². The van der Waals surface area contributed by atoms with Crippen molar-refractivity contribution in [3.8, 4) is 5.75 Å². The number of carbonyl (C=O) groups is 1. The fourth-order valence-corrected chi connectivity index (χ4v) is 2.52. The Morgan fingerprint density at radius 1 is 1.33 bits per heavy atom. The number of hydrogen-bond acceptors (Lipinski definition) is 5. The van der Waals surface area contributed by atoms with E-state index in [0.717, 1.165) is 10.8 Å². The van der Waals surface area contributed by atoms with E-state index in [2.05, 4.69) is 10.1 Å². The van der Waals surface area contributed by atoms with Gasteiger partial charge < -0.3 is 4.74 Å². The second kappa shape index (κ2) is 4.81. The van der Waals surface area contributed by atoms with Crippen molar-refractivity contribution in [2.45, 2.75) is 6.42 Å². The van der Waals surface area contributed by atoms with E-state index in [9.17, 15) is 4.79 Å². The molecule has 0 saturated carbocycles. The Balaban J connectivity index is 1.63. The van der Waals surface area contributed by atoms with Gasteiger partial charge in [0.1, 0.15) is 17.4 Å². The Bertz CT molecular complexity index is 527. The molecule has 1 aromatic carbocycles. The topological polar surface area (TPSA) is 54.3 Å². The number of para-hydroxylation sites is 1. The van der Waals surface area contributed by atoms with Gasteiger partial charge in [-0.25, -0.2) is 5.01 Å². The first-order valence-corrected chi connectivity index (χ1v) is 6.45. The van der Waals surface area contributed by atoms with Gasteiger partial charge in [0.2, 0.25) is 5.91 Å². The van der Waals surface area contributed by atoms with Crippen LogP contribution in [0.1, 0.15) is 6.42 Å². The molecule has 18 heavy (non-hydrogen) atoms. The van der Waals surface area contributed by atoms with Gasteiger partial charge in [-0.1, -0.05) is 18.2 Å². The van der Waals surface area contributed by atoms with Crippen molar-refractivity contribution in [3.63, 3.8) is 0 Å². The van der Waals surface area contributed by atoms with Gasteiger partial charge in [-0.2, -0.15) is 10.1 Å². The average Bonchev–Trinajstić information content (AvgIpc) is 2.79. The van der Waals surface area contributed by atoms with Gasteiger partial charge in [0.15, 0.2) is 5.17 Å². The molecule has 3 rings (SSSR count). The van der Waals surface area contributed by atoms with Gasteiger partial charge in [-0.3, -0.25) is 4.79 Å². The predicted octanol–water partition coefficient (Wildman–Crippen LogP) is 1.71. The monoisotopic (exact) mass is 261 g/mol. The minimum atomic E-state index is -0.0748. The van der Waals surface area contributed by atoms with Crippen LogP contribution in [-0.2, 0) is 4.79 Å². The molecule has 0 radical (unpaired) electrons. The SMILES string of the molecule is O=C1CCN2N=C(COc3ccccc3)SC2=N1. The maximum Gasteiger partial charge on any atom is 0.250 e. The number of ether oxygens (including phenoxy) is 1. The number of aliphatic imine (C=N–C) groups is 1. The molecule has 0 spiro atoms. The average molecular weight is 261 g/mol. The summed E-state index contributed by atoms with van der Waals surface area (Å²) in [6, 6.07) is 9.58. The summed E-state index contributed by atoms with van der Waals surface area (Å²) in [5.41, 5.74) is 0. The number of benzene rings is 1. The van der Waals surface area contributed by atoms with Crippen molar-refractivity contribution in [3.05, 3.63) is 30.3 Å². The molecule has 2 aliphatic heterocycles. The molecule has 0 aromatic heterocycles. The number of thioether (sulfide) groups is 1. The number of carbonyl (C=O) groups excluding carboxylic acids is 1. The zero-order valence-electron chi connectivity index (χ0n) is 9.57. The van der Waals surface area contributed by atoms with Crippen LogP contribution in [0.4, 0.5) is 0 Å². The molecule has 2 heterocycles. The van der Waals surface area contributed by atoms with Crippen LogP contribution in [0, 0.1) is 0 Å². The Morgan fingerprint density at radius 3 is 3.00 bits per heavy atom. The van der Waals surface area contributed by atoms with E-state index in [1.54, 1.807) is 5.01 Å². The maximum absolute atomic E-state index is 11.2. The number of nitrogens with zero attached hydrogens (tertiary/aromatic N) is 3. The second-order valence-corrected chi connectivity index (χ2v) is 4.90. The largest absolute Gasteiger partial charge is 0.487 e. The molecular weight excluding hydrogens is 250 g/mol. The van der Waals surface area contributed by atoms with Crippen molar-refractivity contribution < 1.29 is 9.53 Å². The zero-order valence-corrected chi connectivity index (χ0v) is 10.4. The minimum absolute atomic E-state index is 0.0748. The summed E-state index contributed by atoms with van der Waals surface area (Å²) in [6.45, 7) is 1.01. The molecule has 0 N–H and O–H groups in total. The van der Waals surface area contributed by atoms with Crippen molar-refractivity contribution in [2.75, 3.05) is 13.2 Å². The minimum Gasteiger partial charge on any atom is -0.487 e. The summed E-state index contributed by atoms with van der Waals surface area (Å²) < 4.78 is 5.60. The number of amidine groups is 1. The van der Waals surface area contributed by atoms with Gasteiger partial charge in [-0.15, -0.1) is 0 Å². The van der Waals surface area contributed by atoms with Gasteiger partial charge in [0.25, 0.3) is 0 Å². The molecule has 0 bridgehead atoms. The number of rotatable bonds is 3. The molecule has 0 fully saturated rings. The van der Waals surface area contributed by atoms with Crippen molar-refractivity contribution in [2.24, 2.45) is 10.1 Å². The zero-order chi connectivity index (χ0) is 12.4. The highest BCUT2D eigenvalue weighted by Crippen LogP contribution is 2.24. The third kappa shape index (κ3) is 2.38. The van der Waals surface area contributed by atoms with Crippen molar-refractivity contribution >= 4 is 27.9 Å². The Morgan fingerprint density at radius 2 is 2.17 bits per heavy atom. The summed E-state index contributed by atoms with van der Waals surface area (Å²) in [5.74, 6) is 0.734. The van der Waals surface area contributed by atoms with Gasteiger partial charge >= 0.3 is 0 Å². The van der Waals surface area contributed by atoms with Gasteiger partial charge in [0, 0.05) is 6.42 Å².